The molecule has 0 radical (unpaired) electrons. The molecule has 0 spiro atoms. The van der Waals surface area contributed by atoms with Crippen molar-refractivity contribution in [1.82, 2.24) is 24.7 Å². The summed E-state index contributed by atoms with van der Waals surface area (Å²) in [4.78, 5) is 18.7. The first-order valence-corrected chi connectivity index (χ1v) is 10.8. The highest BCUT2D eigenvalue weighted by atomic mass is 16.5. The van der Waals surface area contributed by atoms with Gasteiger partial charge in [0.05, 0.1) is 29.7 Å². The number of aliphatic imine (C=N–C) groups is 1. The lowest BCUT2D eigenvalue weighted by Gasteiger charge is -2.17. The Morgan fingerprint density at radius 2 is 1.88 bits per heavy atom. The van der Waals surface area contributed by atoms with Crippen LogP contribution in [0.2, 0.25) is 0 Å². The molecule has 1 N–H and O–H groups in total. The Bertz CT molecular complexity index is 1370. The fraction of sp³-hybridized carbons (Fsp3) is 0.240. The number of nitrogens with zero attached hydrogens (tertiary/aromatic N) is 6. The smallest absolute Gasteiger partial charge is 0.161 e. The number of ether oxygens (including phenoxy) is 1. The summed E-state index contributed by atoms with van der Waals surface area (Å²) in [5, 5.41) is 7.75. The number of benzene rings is 1. The number of para-hydroxylation sites is 1. The van der Waals surface area contributed by atoms with E-state index < -0.39 is 0 Å². The zero-order chi connectivity index (χ0) is 22.9. The van der Waals surface area contributed by atoms with E-state index in [4.69, 9.17) is 14.7 Å². The molecular weight excluding hydrogens is 414 g/mol. The van der Waals surface area contributed by atoms with Crippen LogP contribution in [0.4, 0.5) is 17.1 Å². The highest BCUT2D eigenvalue weighted by molar-refractivity contribution is 5.95. The van der Waals surface area contributed by atoms with E-state index in [1.54, 1.807) is 11.8 Å². The summed E-state index contributed by atoms with van der Waals surface area (Å²) in [6.45, 7) is 4.03. The zero-order valence-electron chi connectivity index (χ0n) is 19.1. The molecule has 33 heavy (non-hydrogen) atoms. The van der Waals surface area contributed by atoms with E-state index in [-0.39, 0.29) is 0 Å². The molecule has 166 valence electrons. The summed E-state index contributed by atoms with van der Waals surface area (Å²) in [7, 11) is 3.52. The molecule has 0 bridgehead atoms. The average molecular weight is 440 g/mol. The third kappa shape index (κ3) is 4.07. The molecule has 1 aromatic carbocycles. The third-order valence-corrected chi connectivity index (χ3v) is 5.59. The molecule has 4 heterocycles. The number of anilines is 2. The third-order valence-electron chi connectivity index (χ3n) is 5.59. The summed E-state index contributed by atoms with van der Waals surface area (Å²) in [6.07, 6.45) is 2.93. The first-order chi connectivity index (χ1) is 16.0. The van der Waals surface area contributed by atoms with Gasteiger partial charge in [-0.2, -0.15) is 5.10 Å². The Hall–Kier alpha value is -4.07. The first-order valence-electron chi connectivity index (χ1n) is 10.8. The van der Waals surface area contributed by atoms with E-state index in [0.29, 0.717) is 12.2 Å². The van der Waals surface area contributed by atoms with E-state index >= 15 is 0 Å². The number of pyridine rings is 2. The van der Waals surface area contributed by atoms with Crippen LogP contribution in [0.5, 0.6) is 5.75 Å². The molecule has 8 nitrogen and oxygen atoms in total. The standard InChI is InChI=1S/C25H25N7O/c1-15-7-5-8-17(28-15)12-18-13-22(23-21(30-18)11-16(2)29-23)31-20-10-6-9-19(24(20)33-4)25-26-14-27-32(25)3/h5-10,13-14H,11-12H2,1-4H3,(H,30,31). The Morgan fingerprint density at radius 1 is 1.03 bits per heavy atom. The fourth-order valence-corrected chi connectivity index (χ4v) is 4.16. The largest absolute Gasteiger partial charge is 0.494 e. The van der Waals surface area contributed by atoms with Gasteiger partial charge in [0.15, 0.2) is 11.6 Å². The van der Waals surface area contributed by atoms with E-state index in [2.05, 4.69) is 26.4 Å². The van der Waals surface area contributed by atoms with Crippen LogP contribution in [-0.4, -0.2) is 37.6 Å². The molecule has 8 heteroatoms. The van der Waals surface area contributed by atoms with E-state index in [1.165, 1.54) is 6.33 Å². The predicted molar refractivity (Wildman–Crippen MR) is 129 cm³/mol. The van der Waals surface area contributed by atoms with Crippen LogP contribution in [0, 0.1) is 6.92 Å². The van der Waals surface area contributed by atoms with Gasteiger partial charge >= 0.3 is 0 Å². The number of nitrogens with one attached hydrogen (secondary N) is 1. The van der Waals surface area contributed by atoms with Gasteiger partial charge in [-0.05, 0) is 44.2 Å². The Labute approximate surface area is 192 Å². The molecule has 0 saturated carbocycles. The molecule has 0 saturated heterocycles. The lowest BCUT2D eigenvalue weighted by Crippen LogP contribution is -2.03. The molecule has 0 fully saturated rings. The zero-order valence-corrected chi connectivity index (χ0v) is 19.1. The van der Waals surface area contributed by atoms with Crippen molar-refractivity contribution in [2.45, 2.75) is 26.7 Å². The van der Waals surface area contributed by atoms with Gasteiger partial charge in [-0.1, -0.05) is 12.1 Å². The molecule has 0 unspecified atom stereocenters. The van der Waals surface area contributed by atoms with Crippen LogP contribution in [0.1, 0.15) is 29.7 Å². The van der Waals surface area contributed by atoms with Gasteiger partial charge in [-0.15, -0.1) is 0 Å². The van der Waals surface area contributed by atoms with E-state index in [9.17, 15) is 0 Å². The van der Waals surface area contributed by atoms with E-state index in [1.807, 2.05) is 57.3 Å². The highest BCUT2D eigenvalue weighted by Gasteiger charge is 2.21. The van der Waals surface area contributed by atoms with Gasteiger partial charge in [-0.25, -0.2) is 9.67 Å². The lowest BCUT2D eigenvalue weighted by atomic mass is 10.1. The quantitative estimate of drug-likeness (QED) is 0.473. The van der Waals surface area contributed by atoms with Crippen molar-refractivity contribution in [2.24, 2.45) is 12.0 Å². The van der Waals surface area contributed by atoms with Crippen LogP contribution in [-0.2, 0) is 19.9 Å². The van der Waals surface area contributed by atoms with Gasteiger partial charge in [0, 0.05) is 42.7 Å². The molecule has 5 rings (SSSR count). The minimum absolute atomic E-state index is 0.652. The van der Waals surface area contributed by atoms with Crippen LogP contribution >= 0.6 is 0 Å². The summed E-state index contributed by atoms with van der Waals surface area (Å²) >= 11 is 0. The van der Waals surface area contributed by atoms with Crippen molar-refractivity contribution < 1.29 is 4.74 Å². The Balaban J connectivity index is 1.56. The maximum absolute atomic E-state index is 5.80. The molecule has 3 aromatic heterocycles. The van der Waals surface area contributed by atoms with Crippen LogP contribution < -0.4 is 10.1 Å². The number of hydrogen-bond acceptors (Lipinski definition) is 7. The van der Waals surface area contributed by atoms with Crippen LogP contribution in [0.3, 0.4) is 0 Å². The van der Waals surface area contributed by atoms with Crippen LogP contribution in [0.25, 0.3) is 11.4 Å². The second-order valence-electron chi connectivity index (χ2n) is 8.15. The number of rotatable bonds is 6. The van der Waals surface area contributed by atoms with Crippen molar-refractivity contribution in [3.8, 4) is 17.1 Å². The molecular formula is C25H25N7O. The number of hydrogen-bond donors (Lipinski definition) is 1. The highest BCUT2D eigenvalue weighted by Crippen LogP contribution is 2.41. The maximum atomic E-state index is 5.80. The average Bonchev–Trinajstić information content (AvgIpc) is 3.38. The number of fused-ring (bicyclic) bond motifs is 1. The SMILES string of the molecule is COc1c(Nc2cc(Cc3cccc(C)n3)nc3c2N=C(C)C3)cccc1-c1ncnn1C. The van der Waals surface area contributed by atoms with Crippen molar-refractivity contribution >= 4 is 22.8 Å². The minimum Gasteiger partial charge on any atom is -0.494 e. The van der Waals surface area contributed by atoms with Crippen LogP contribution in [0.15, 0.2) is 53.8 Å². The summed E-state index contributed by atoms with van der Waals surface area (Å²) in [5.74, 6) is 1.43. The van der Waals surface area contributed by atoms with Gasteiger partial charge in [0.25, 0.3) is 0 Å². The second-order valence-corrected chi connectivity index (χ2v) is 8.15. The van der Waals surface area contributed by atoms with Gasteiger partial charge < -0.3 is 10.1 Å². The molecule has 1 aliphatic heterocycles. The first kappa shape index (κ1) is 20.8. The Morgan fingerprint density at radius 3 is 2.64 bits per heavy atom. The lowest BCUT2D eigenvalue weighted by molar-refractivity contribution is 0.418. The van der Waals surface area contributed by atoms with Crippen molar-refractivity contribution in [1.29, 1.82) is 0 Å². The van der Waals surface area contributed by atoms with Gasteiger partial charge in [0.1, 0.15) is 12.0 Å². The summed E-state index contributed by atoms with van der Waals surface area (Å²) in [5.41, 5.74) is 8.41. The Kier molecular flexibility index (Phi) is 5.34. The van der Waals surface area contributed by atoms with Gasteiger partial charge in [0.2, 0.25) is 0 Å². The summed E-state index contributed by atoms with van der Waals surface area (Å²) in [6, 6.07) is 14.0. The number of methoxy groups -OCH3 is 1. The number of aromatic nitrogens is 5. The molecule has 0 aliphatic carbocycles. The van der Waals surface area contributed by atoms with Crippen molar-refractivity contribution in [3.63, 3.8) is 0 Å². The topological polar surface area (TPSA) is 90.1 Å². The normalized spacial score (nSPS) is 12.4. The molecule has 4 aromatic rings. The van der Waals surface area contributed by atoms with Gasteiger partial charge in [-0.3, -0.25) is 15.0 Å². The molecule has 1 aliphatic rings. The number of aryl methyl sites for hydroxylation is 2. The summed E-state index contributed by atoms with van der Waals surface area (Å²) < 4.78 is 7.53. The predicted octanol–water partition coefficient (Wildman–Crippen LogP) is 4.57. The van der Waals surface area contributed by atoms with Crippen molar-refractivity contribution in [3.05, 3.63) is 71.6 Å². The van der Waals surface area contributed by atoms with Crippen molar-refractivity contribution in [2.75, 3.05) is 12.4 Å². The van der Waals surface area contributed by atoms with E-state index in [0.717, 1.165) is 63.4 Å². The monoisotopic (exact) mass is 439 g/mol. The fourth-order valence-electron chi connectivity index (χ4n) is 4.16. The minimum atomic E-state index is 0.652. The maximum Gasteiger partial charge on any atom is 0.161 e. The second kappa shape index (κ2) is 8.46. The molecule has 0 atom stereocenters. The molecule has 0 amide bonds.